The molecule has 106 valence electrons. The van der Waals surface area contributed by atoms with E-state index in [4.69, 9.17) is 9.47 Å². The standard InChI is InChI=1S/C14H16N2O3S/c1-16(2)14(17)10-8-20-13(15-10)9-6-5-7-11(18-3)12(9)19-4/h5-8H,1-4H3. The van der Waals surface area contributed by atoms with E-state index in [1.807, 2.05) is 18.2 Å². The van der Waals surface area contributed by atoms with Crippen molar-refractivity contribution in [1.82, 2.24) is 9.88 Å². The van der Waals surface area contributed by atoms with Crippen LogP contribution in [-0.2, 0) is 0 Å². The van der Waals surface area contributed by atoms with Crippen molar-refractivity contribution >= 4 is 17.2 Å². The molecule has 0 atom stereocenters. The Bertz CT molecular complexity index is 623. The van der Waals surface area contributed by atoms with Gasteiger partial charge in [0.15, 0.2) is 11.5 Å². The second-order valence-corrected chi connectivity index (χ2v) is 5.14. The number of rotatable bonds is 4. The Morgan fingerprint density at radius 3 is 2.60 bits per heavy atom. The summed E-state index contributed by atoms with van der Waals surface area (Å²) < 4.78 is 10.7. The predicted octanol–water partition coefficient (Wildman–Crippen LogP) is 2.53. The largest absolute Gasteiger partial charge is 0.493 e. The number of methoxy groups -OCH3 is 2. The van der Waals surface area contributed by atoms with Crippen LogP contribution < -0.4 is 9.47 Å². The van der Waals surface area contributed by atoms with Gasteiger partial charge < -0.3 is 14.4 Å². The number of ether oxygens (including phenoxy) is 2. The lowest BCUT2D eigenvalue weighted by atomic mass is 10.2. The summed E-state index contributed by atoms with van der Waals surface area (Å²) in [5.41, 5.74) is 1.24. The van der Waals surface area contributed by atoms with Crippen molar-refractivity contribution in [3.05, 3.63) is 29.3 Å². The molecule has 1 heterocycles. The molecule has 0 aliphatic carbocycles. The molecule has 0 saturated heterocycles. The Balaban J connectivity index is 2.45. The monoisotopic (exact) mass is 292 g/mol. The van der Waals surface area contributed by atoms with Crippen LogP contribution in [0.1, 0.15) is 10.5 Å². The Morgan fingerprint density at radius 2 is 2.00 bits per heavy atom. The third kappa shape index (κ3) is 2.60. The molecule has 5 nitrogen and oxygen atoms in total. The molecule has 0 aliphatic rings. The quantitative estimate of drug-likeness (QED) is 0.869. The molecule has 0 aliphatic heterocycles. The van der Waals surface area contributed by atoms with Gasteiger partial charge in [0, 0.05) is 19.5 Å². The first-order chi connectivity index (χ1) is 9.58. The number of hydrogen-bond donors (Lipinski definition) is 0. The number of carbonyl (C=O) groups is 1. The molecule has 1 amide bonds. The van der Waals surface area contributed by atoms with Crippen LogP contribution in [0.15, 0.2) is 23.6 Å². The Morgan fingerprint density at radius 1 is 1.25 bits per heavy atom. The fourth-order valence-electron chi connectivity index (χ4n) is 1.78. The number of aromatic nitrogens is 1. The SMILES string of the molecule is COc1cccc(-c2nc(C(=O)N(C)C)cs2)c1OC. The Labute approximate surface area is 121 Å². The average Bonchev–Trinajstić information content (AvgIpc) is 2.94. The summed E-state index contributed by atoms with van der Waals surface area (Å²) >= 11 is 1.40. The number of amides is 1. The van der Waals surface area contributed by atoms with Crippen LogP contribution in [0.5, 0.6) is 11.5 Å². The first-order valence-corrected chi connectivity index (χ1v) is 6.85. The molecule has 0 N–H and O–H groups in total. The minimum Gasteiger partial charge on any atom is -0.493 e. The fraction of sp³-hybridized carbons (Fsp3) is 0.286. The molecular weight excluding hydrogens is 276 g/mol. The van der Waals surface area contributed by atoms with Crippen LogP contribution in [-0.4, -0.2) is 44.1 Å². The molecule has 0 spiro atoms. The van der Waals surface area contributed by atoms with Crippen molar-refractivity contribution in [2.75, 3.05) is 28.3 Å². The molecule has 2 rings (SSSR count). The van der Waals surface area contributed by atoms with Crippen molar-refractivity contribution in [3.63, 3.8) is 0 Å². The number of benzene rings is 1. The molecule has 20 heavy (non-hydrogen) atoms. The molecule has 0 fully saturated rings. The van der Waals surface area contributed by atoms with Crippen molar-refractivity contribution < 1.29 is 14.3 Å². The summed E-state index contributed by atoms with van der Waals surface area (Å²) in [5, 5.41) is 2.47. The zero-order chi connectivity index (χ0) is 14.7. The van der Waals surface area contributed by atoms with E-state index in [2.05, 4.69) is 4.98 Å². The van der Waals surface area contributed by atoms with Gasteiger partial charge in [-0.25, -0.2) is 4.98 Å². The van der Waals surface area contributed by atoms with Gasteiger partial charge in [-0.3, -0.25) is 4.79 Å². The third-order valence-corrected chi connectivity index (χ3v) is 3.64. The summed E-state index contributed by atoms with van der Waals surface area (Å²) in [6.45, 7) is 0. The maximum atomic E-state index is 11.9. The summed E-state index contributed by atoms with van der Waals surface area (Å²) in [5.74, 6) is 1.14. The number of carbonyl (C=O) groups excluding carboxylic acids is 1. The number of para-hydroxylation sites is 1. The number of nitrogens with zero attached hydrogens (tertiary/aromatic N) is 2. The van der Waals surface area contributed by atoms with Crippen molar-refractivity contribution in [1.29, 1.82) is 0 Å². The van der Waals surface area contributed by atoms with E-state index in [0.29, 0.717) is 17.2 Å². The van der Waals surface area contributed by atoms with Gasteiger partial charge in [0.05, 0.1) is 19.8 Å². The molecule has 0 radical (unpaired) electrons. The highest BCUT2D eigenvalue weighted by Crippen LogP contribution is 2.38. The minimum atomic E-state index is -0.116. The third-order valence-electron chi connectivity index (χ3n) is 2.76. The summed E-state index contributed by atoms with van der Waals surface area (Å²) in [6.07, 6.45) is 0. The van der Waals surface area contributed by atoms with Gasteiger partial charge in [-0.1, -0.05) is 6.07 Å². The topological polar surface area (TPSA) is 51.7 Å². The van der Waals surface area contributed by atoms with Crippen molar-refractivity contribution in [2.24, 2.45) is 0 Å². The Kier molecular flexibility index (Phi) is 4.24. The van der Waals surface area contributed by atoms with Gasteiger partial charge in [-0.2, -0.15) is 0 Å². The highest BCUT2D eigenvalue weighted by molar-refractivity contribution is 7.13. The van der Waals surface area contributed by atoms with Gasteiger partial charge in [-0.15, -0.1) is 11.3 Å². The van der Waals surface area contributed by atoms with Gasteiger partial charge in [0.25, 0.3) is 5.91 Å². The van der Waals surface area contributed by atoms with E-state index in [1.54, 1.807) is 33.7 Å². The van der Waals surface area contributed by atoms with Gasteiger partial charge in [-0.05, 0) is 12.1 Å². The van der Waals surface area contributed by atoms with Crippen LogP contribution in [0, 0.1) is 0 Å². The minimum absolute atomic E-state index is 0.116. The normalized spacial score (nSPS) is 10.2. The van der Waals surface area contributed by atoms with Crippen LogP contribution in [0.3, 0.4) is 0 Å². The molecular formula is C14H16N2O3S. The lowest BCUT2D eigenvalue weighted by Crippen LogP contribution is -2.21. The highest BCUT2D eigenvalue weighted by Gasteiger charge is 2.17. The summed E-state index contributed by atoms with van der Waals surface area (Å²) in [6, 6.07) is 5.58. The smallest absolute Gasteiger partial charge is 0.272 e. The van der Waals surface area contributed by atoms with E-state index in [1.165, 1.54) is 16.2 Å². The predicted molar refractivity (Wildman–Crippen MR) is 78.7 cm³/mol. The van der Waals surface area contributed by atoms with E-state index < -0.39 is 0 Å². The van der Waals surface area contributed by atoms with E-state index in [-0.39, 0.29) is 5.91 Å². The molecule has 0 bridgehead atoms. The van der Waals surface area contributed by atoms with Crippen LogP contribution in [0.4, 0.5) is 0 Å². The van der Waals surface area contributed by atoms with E-state index >= 15 is 0 Å². The van der Waals surface area contributed by atoms with Gasteiger partial charge >= 0.3 is 0 Å². The van der Waals surface area contributed by atoms with Crippen LogP contribution in [0.25, 0.3) is 10.6 Å². The fourth-order valence-corrected chi connectivity index (χ4v) is 2.60. The molecule has 1 aromatic carbocycles. The average molecular weight is 292 g/mol. The van der Waals surface area contributed by atoms with Crippen LogP contribution in [0.2, 0.25) is 0 Å². The number of thiazole rings is 1. The summed E-state index contributed by atoms with van der Waals surface area (Å²) in [4.78, 5) is 17.8. The number of hydrogen-bond acceptors (Lipinski definition) is 5. The lowest BCUT2D eigenvalue weighted by Gasteiger charge is -2.10. The second-order valence-electron chi connectivity index (χ2n) is 4.28. The maximum absolute atomic E-state index is 11.9. The molecule has 0 saturated carbocycles. The van der Waals surface area contributed by atoms with E-state index in [0.717, 1.165) is 10.6 Å². The van der Waals surface area contributed by atoms with Crippen LogP contribution >= 0.6 is 11.3 Å². The van der Waals surface area contributed by atoms with Gasteiger partial charge in [0.1, 0.15) is 10.7 Å². The van der Waals surface area contributed by atoms with Gasteiger partial charge in [0.2, 0.25) is 0 Å². The van der Waals surface area contributed by atoms with Crippen molar-refractivity contribution in [3.8, 4) is 22.1 Å². The summed E-state index contributed by atoms with van der Waals surface area (Å²) in [7, 11) is 6.58. The first kappa shape index (κ1) is 14.3. The zero-order valence-corrected chi connectivity index (χ0v) is 12.7. The van der Waals surface area contributed by atoms with Crippen molar-refractivity contribution in [2.45, 2.75) is 0 Å². The van der Waals surface area contributed by atoms with E-state index in [9.17, 15) is 4.79 Å². The first-order valence-electron chi connectivity index (χ1n) is 5.97. The highest BCUT2D eigenvalue weighted by atomic mass is 32.1. The molecule has 2 aromatic rings. The maximum Gasteiger partial charge on any atom is 0.272 e. The molecule has 0 unspecified atom stereocenters. The molecule has 6 heteroatoms. The zero-order valence-electron chi connectivity index (χ0n) is 11.8. The lowest BCUT2D eigenvalue weighted by molar-refractivity contribution is 0.0823. The second kappa shape index (κ2) is 5.92. The molecule has 1 aromatic heterocycles. The Hall–Kier alpha value is -2.08.